The van der Waals surface area contributed by atoms with E-state index in [1.165, 1.54) is 0 Å². The molecule has 0 aliphatic carbocycles. The number of carbonyl (C=O) groups is 1. The van der Waals surface area contributed by atoms with Gasteiger partial charge in [-0.1, -0.05) is 72.8 Å². The number of carbonyl (C=O) groups excluding carboxylic acids is 1. The molecule has 1 heterocycles. The Labute approximate surface area is 218 Å². The maximum atomic E-state index is 13.4. The van der Waals surface area contributed by atoms with Crippen LogP contribution in [0.3, 0.4) is 0 Å². The summed E-state index contributed by atoms with van der Waals surface area (Å²) in [5.74, 6) is 0.593. The van der Waals surface area contributed by atoms with E-state index < -0.39 is 0 Å². The molecule has 6 heteroatoms. The fourth-order valence-corrected chi connectivity index (χ4v) is 4.55. The quantitative estimate of drug-likeness (QED) is 0.181. The third kappa shape index (κ3) is 6.58. The van der Waals surface area contributed by atoms with Crippen molar-refractivity contribution in [3.63, 3.8) is 0 Å². The lowest BCUT2D eigenvalue weighted by atomic mass is 10.0. The van der Waals surface area contributed by atoms with Crippen LogP contribution in [0, 0.1) is 0 Å². The van der Waals surface area contributed by atoms with Crippen molar-refractivity contribution in [2.24, 2.45) is 7.05 Å². The minimum atomic E-state index is -0.193. The van der Waals surface area contributed by atoms with Gasteiger partial charge >= 0.3 is 11.7 Å². The molecule has 0 unspecified atom stereocenters. The van der Waals surface area contributed by atoms with Crippen LogP contribution >= 0.6 is 0 Å². The second kappa shape index (κ2) is 12.8. The van der Waals surface area contributed by atoms with Gasteiger partial charge in [0.1, 0.15) is 5.75 Å². The molecule has 0 radical (unpaired) electrons. The largest absolute Gasteiger partial charge is 0.494 e. The third-order valence-corrected chi connectivity index (χ3v) is 6.29. The number of hydrogen-bond acceptors (Lipinski definition) is 4. The molecule has 0 saturated carbocycles. The SMILES string of the molecule is CCOC(=O)CCCOc1cccc(CCCn2c(-c3ccccc3)c(-c3ccccc3)n(C)c2=O)c1. The van der Waals surface area contributed by atoms with Crippen LogP contribution in [0.2, 0.25) is 0 Å². The summed E-state index contributed by atoms with van der Waals surface area (Å²) in [5, 5.41) is 0. The monoisotopic (exact) mass is 498 g/mol. The smallest absolute Gasteiger partial charge is 0.328 e. The van der Waals surface area contributed by atoms with Gasteiger partial charge in [0.2, 0.25) is 0 Å². The lowest BCUT2D eigenvalue weighted by Crippen LogP contribution is -2.23. The summed E-state index contributed by atoms with van der Waals surface area (Å²) < 4.78 is 14.4. The molecule has 0 N–H and O–H groups in total. The fourth-order valence-electron chi connectivity index (χ4n) is 4.55. The number of rotatable bonds is 12. The zero-order valence-electron chi connectivity index (χ0n) is 21.6. The Morgan fingerprint density at radius 1 is 0.838 bits per heavy atom. The normalized spacial score (nSPS) is 10.9. The summed E-state index contributed by atoms with van der Waals surface area (Å²) in [6.45, 7) is 3.27. The van der Waals surface area contributed by atoms with E-state index >= 15 is 0 Å². The predicted octanol–water partition coefficient (Wildman–Crippen LogP) is 5.88. The van der Waals surface area contributed by atoms with E-state index in [0.717, 1.165) is 46.7 Å². The van der Waals surface area contributed by atoms with E-state index in [1.807, 2.05) is 78.3 Å². The lowest BCUT2D eigenvalue weighted by Gasteiger charge is -2.11. The van der Waals surface area contributed by atoms with Gasteiger partial charge in [0.05, 0.1) is 24.6 Å². The first kappa shape index (κ1) is 26.0. The van der Waals surface area contributed by atoms with Crippen LogP contribution < -0.4 is 10.4 Å². The van der Waals surface area contributed by atoms with Crippen molar-refractivity contribution >= 4 is 5.97 Å². The molecule has 37 heavy (non-hydrogen) atoms. The van der Waals surface area contributed by atoms with Crippen molar-refractivity contribution in [3.05, 3.63) is 101 Å². The molecule has 192 valence electrons. The summed E-state index contributed by atoms with van der Waals surface area (Å²) in [5.41, 5.74) is 5.05. The molecule has 0 aliphatic heterocycles. The maximum absolute atomic E-state index is 13.4. The molecular weight excluding hydrogens is 464 g/mol. The number of esters is 1. The number of aryl methyl sites for hydroxylation is 1. The van der Waals surface area contributed by atoms with Gasteiger partial charge in [-0.2, -0.15) is 0 Å². The van der Waals surface area contributed by atoms with Crippen molar-refractivity contribution in [2.75, 3.05) is 13.2 Å². The van der Waals surface area contributed by atoms with Crippen molar-refractivity contribution < 1.29 is 14.3 Å². The third-order valence-electron chi connectivity index (χ3n) is 6.29. The topological polar surface area (TPSA) is 62.5 Å². The number of nitrogens with zero attached hydrogens (tertiary/aromatic N) is 2. The van der Waals surface area contributed by atoms with Gasteiger partial charge in [0.15, 0.2) is 0 Å². The highest BCUT2D eigenvalue weighted by molar-refractivity contribution is 5.79. The van der Waals surface area contributed by atoms with E-state index in [-0.39, 0.29) is 11.7 Å². The standard InChI is InChI=1S/C31H34N2O4/c1-3-36-28(34)20-12-22-37-27-19-10-13-24(23-27)14-11-21-33-30(26-17-8-5-9-18-26)29(32(2)31(33)35)25-15-6-4-7-16-25/h4-10,13,15-19,23H,3,11-12,14,20-22H2,1-2H3. The molecule has 0 amide bonds. The predicted molar refractivity (Wildman–Crippen MR) is 147 cm³/mol. The van der Waals surface area contributed by atoms with Gasteiger partial charge in [-0.25, -0.2) is 4.79 Å². The number of benzene rings is 3. The number of aromatic nitrogens is 2. The van der Waals surface area contributed by atoms with E-state index in [0.29, 0.717) is 32.6 Å². The Hall–Kier alpha value is -4.06. The molecule has 1 aromatic heterocycles. The van der Waals surface area contributed by atoms with Gasteiger partial charge < -0.3 is 9.47 Å². The molecule has 4 rings (SSSR count). The molecule has 0 bridgehead atoms. The molecule has 0 fully saturated rings. The number of imidazole rings is 1. The van der Waals surface area contributed by atoms with E-state index in [9.17, 15) is 9.59 Å². The Bertz CT molecular complexity index is 1360. The Balaban J connectivity index is 1.47. The van der Waals surface area contributed by atoms with Gasteiger partial charge in [0.25, 0.3) is 0 Å². The van der Waals surface area contributed by atoms with Crippen molar-refractivity contribution in [1.29, 1.82) is 0 Å². The Morgan fingerprint density at radius 3 is 2.19 bits per heavy atom. The highest BCUT2D eigenvalue weighted by Gasteiger charge is 2.20. The molecule has 0 atom stereocenters. The second-order valence-electron chi connectivity index (χ2n) is 8.93. The summed E-state index contributed by atoms with van der Waals surface area (Å²) in [6.07, 6.45) is 2.60. The summed E-state index contributed by atoms with van der Waals surface area (Å²) in [4.78, 5) is 24.8. The minimum absolute atomic E-state index is 0.0172. The first-order chi connectivity index (χ1) is 18.1. The van der Waals surface area contributed by atoms with Crippen molar-refractivity contribution in [2.45, 2.75) is 39.2 Å². The first-order valence-corrected chi connectivity index (χ1v) is 12.9. The highest BCUT2D eigenvalue weighted by atomic mass is 16.5. The number of ether oxygens (including phenoxy) is 2. The molecular formula is C31H34N2O4. The zero-order valence-corrected chi connectivity index (χ0v) is 21.6. The van der Waals surface area contributed by atoms with Gasteiger partial charge in [-0.15, -0.1) is 0 Å². The molecule has 3 aromatic carbocycles. The van der Waals surface area contributed by atoms with Crippen LogP contribution in [0.1, 0.15) is 31.7 Å². The number of hydrogen-bond donors (Lipinski definition) is 0. The highest BCUT2D eigenvalue weighted by Crippen LogP contribution is 2.31. The van der Waals surface area contributed by atoms with E-state index in [4.69, 9.17) is 9.47 Å². The van der Waals surface area contributed by atoms with Gasteiger partial charge in [-0.05, 0) is 43.9 Å². The molecule has 4 aromatic rings. The van der Waals surface area contributed by atoms with E-state index in [2.05, 4.69) is 18.2 Å². The fraction of sp³-hybridized carbons (Fsp3) is 0.290. The van der Waals surface area contributed by atoms with E-state index in [1.54, 1.807) is 11.5 Å². The Morgan fingerprint density at radius 2 is 1.51 bits per heavy atom. The van der Waals surface area contributed by atoms with Crippen molar-refractivity contribution in [3.8, 4) is 28.3 Å². The van der Waals surface area contributed by atoms with Crippen LogP contribution in [0.5, 0.6) is 5.75 Å². The van der Waals surface area contributed by atoms with Crippen LogP contribution in [0.4, 0.5) is 0 Å². The molecule has 6 nitrogen and oxygen atoms in total. The van der Waals surface area contributed by atoms with Crippen LogP contribution in [-0.4, -0.2) is 28.3 Å². The average molecular weight is 499 g/mol. The van der Waals surface area contributed by atoms with Crippen LogP contribution in [0.15, 0.2) is 89.7 Å². The summed E-state index contributed by atoms with van der Waals surface area (Å²) >= 11 is 0. The summed E-state index contributed by atoms with van der Waals surface area (Å²) in [7, 11) is 1.84. The van der Waals surface area contributed by atoms with Gasteiger partial charge in [-0.3, -0.25) is 13.9 Å². The molecule has 0 aliphatic rings. The maximum Gasteiger partial charge on any atom is 0.328 e. The second-order valence-corrected chi connectivity index (χ2v) is 8.93. The zero-order chi connectivity index (χ0) is 26.0. The molecule has 0 saturated heterocycles. The lowest BCUT2D eigenvalue weighted by molar-refractivity contribution is -0.143. The molecule has 0 spiro atoms. The Kier molecular flexibility index (Phi) is 8.98. The summed E-state index contributed by atoms with van der Waals surface area (Å²) in [6, 6.07) is 28.2. The van der Waals surface area contributed by atoms with Gasteiger partial charge in [0, 0.05) is 31.1 Å². The van der Waals surface area contributed by atoms with Crippen LogP contribution in [-0.2, 0) is 29.5 Å². The average Bonchev–Trinajstić information content (AvgIpc) is 3.18. The van der Waals surface area contributed by atoms with Crippen LogP contribution in [0.25, 0.3) is 22.5 Å². The van der Waals surface area contributed by atoms with Crippen molar-refractivity contribution in [1.82, 2.24) is 9.13 Å². The minimum Gasteiger partial charge on any atom is -0.494 e. The first-order valence-electron chi connectivity index (χ1n) is 12.9.